The first-order valence-corrected chi connectivity index (χ1v) is 5.55. The third-order valence-electron chi connectivity index (χ3n) is 2.81. The van der Waals surface area contributed by atoms with Gasteiger partial charge in [-0.15, -0.1) is 0 Å². The predicted molar refractivity (Wildman–Crippen MR) is 55.9 cm³/mol. The summed E-state index contributed by atoms with van der Waals surface area (Å²) in [7, 11) is 0. The van der Waals surface area contributed by atoms with Crippen molar-refractivity contribution in [3.8, 4) is 0 Å². The van der Waals surface area contributed by atoms with Crippen molar-refractivity contribution < 1.29 is 13.2 Å². The average molecular weight is 250 g/mol. The van der Waals surface area contributed by atoms with Crippen molar-refractivity contribution in [2.45, 2.75) is 25.3 Å². The molecule has 1 fully saturated rings. The monoisotopic (exact) mass is 249 g/mol. The minimum absolute atomic E-state index is 0.147. The number of rotatable bonds is 1. The summed E-state index contributed by atoms with van der Waals surface area (Å²) in [6.45, 7) is 0.707. The van der Waals surface area contributed by atoms with Gasteiger partial charge in [0, 0.05) is 17.7 Å². The summed E-state index contributed by atoms with van der Waals surface area (Å²) >= 11 is 5.43. The Morgan fingerprint density at radius 3 is 2.56 bits per heavy atom. The second-order valence-corrected chi connectivity index (χ2v) is 4.26. The Hall–Kier alpha value is -0.740. The fourth-order valence-corrected chi connectivity index (χ4v) is 2.15. The topological polar surface area (TPSA) is 12.0 Å². The molecule has 1 saturated heterocycles. The van der Waals surface area contributed by atoms with Crippen LogP contribution >= 0.6 is 11.6 Å². The van der Waals surface area contributed by atoms with Gasteiger partial charge in [0.15, 0.2) is 5.82 Å². The second kappa shape index (κ2) is 4.63. The van der Waals surface area contributed by atoms with Crippen molar-refractivity contribution in [3.63, 3.8) is 0 Å². The van der Waals surface area contributed by atoms with Crippen LogP contribution in [0.5, 0.6) is 0 Å². The van der Waals surface area contributed by atoms with Gasteiger partial charge in [-0.1, -0.05) is 18.0 Å². The number of benzene rings is 1. The maximum Gasteiger partial charge on any atom is 0.152 e. The first-order valence-electron chi connectivity index (χ1n) is 5.17. The first kappa shape index (κ1) is 11.7. The minimum atomic E-state index is -1.06. The fraction of sp³-hybridized carbons (Fsp3) is 0.455. The Morgan fingerprint density at radius 2 is 1.94 bits per heavy atom. The van der Waals surface area contributed by atoms with Crippen LogP contribution in [0, 0.1) is 17.5 Å². The van der Waals surface area contributed by atoms with E-state index in [0.717, 1.165) is 12.8 Å². The Kier molecular flexibility index (Phi) is 3.40. The molecule has 1 nitrogen and oxygen atoms in total. The van der Waals surface area contributed by atoms with Crippen LogP contribution in [-0.4, -0.2) is 6.54 Å². The zero-order valence-electron chi connectivity index (χ0n) is 8.49. The molecular weight excluding hydrogens is 239 g/mol. The van der Waals surface area contributed by atoms with Crippen molar-refractivity contribution in [1.29, 1.82) is 0 Å². The zero-order chi connectivity index (χ0) is 11.7. The molecule has 1 aromatic rings. The van der Waals surface area contributed by atoms with E-state index in [-0.39, 0.29) is 5.56 Å². The van der Waals surface area contributed by atoms with Gasteiger partial charge in [-0.05, 0) is 19.4 Å². The summed E-state index contributed by atoms with van der Waals surface area (Å²) in [6.07, 6.45) is 2.51. The van der Waals surface area contributed by atoms with Crippen LogP contribution in [0.2, 0.25) is 5.02 Å². The number of piperidine rings is 1. The largest absolute Gasteiger partial charge is 0.310 e. The highest BCUT2D eigenvalue weighted by Crippen LogP contribution is 2.32. The standard InChI is InChI=1S/C11H11ClF3N/c12-10-7(14)5-6(13)9(11(10)15)8-3-1-2-4-16-8/h5,8,16H,1-4H2. The quantitative estimate of drug-likeness (QED) is 0.593. The van der Waals surface area contributed by atoms with Gasteiger partial charge in [0.05, 0.1) is 0 Å². The molecule has 0 bridgehead atoms. The lowest BCUT2D eigenvalue weighted by molar-refractivity contribution is 0.383. The summed E-state index contributed by atoms with van der Waals surface area (Å²) < 4.78 is 40.1. The van der Waals surface area contributed by atoms with Gasteiger partial charge in [0.1, 0.15) is 16.7 Å². The zero-order valence-corrected chi connectivity index (χ0v) is 9.25. The van der Waals surface area contributed by atoms with Crippen LogP contribution < -0.4 is 5.32 Å². The van der Waals surface area contributed by atoms with E-state index in [9.17, 15) is 13.2 Å². The number of hydrogen-bond donors (Lipinski definition) is 1. The molecular formula is C11H11ClF3N. The summed E-state index contributed by atoms with van der Waals surface area (Å²) in [5, 5.41) is 2.37. The van der Waals surface area contributed by atoms with Crippen molar-refractivity contribution in [3.05, 3.63) is 34.1 Å². The number of nitrogens with one attached hydrogen (secondary N) is 1. The molecule has 5 heteroatoms. The molecule has 88 valence electrons. The van der Waals surface area contributed by atoms with Gasteiger partial charge in [-0.25, -0.2) is 13.2 Å². The number of hydrogen-bond acceptors (Lipinski definition) is 1. The smallest absolute Gasteiger partial charge is 0.152 e. The van der Waals surface area contributed by atoms with Crippen molar-refractivity contribution in [1.82, 2.24) is 5.32 Å². The van der Waals surface area contributed by atoms with E-state index < -0.39 is 28.5 Å². The third-order valence-corrected chi connectivity index (χ3v) is 3.15. The lowest BCUT2D eigenvalue weighted by Crippen LogP contribution is -2.28. The maximum atomic E-state index is 13.7. The first-order chi connectivity index (χ1) is 7.61. The molecule has 0 amide bonds. The molecule has 1 aromatic carbocycles. The van der Waals surface area contributed by atoms with E-state index in [1.807, 2.05) is 0 Å². The fourth-order valence-electron chi connectivity index (χ4n) is 2.00. The SMILES string of the molecule is Fc1cc(F)c(C2CCCCN2)c(F)c1Cl. The van der Waals surface area contributed by atoms with E-state index in [1.165, 1.54) is 0 Å². The van der Waals surface area contributed by atoms with Crippen LogP contribution in [0.25, 0.3) is 0 Å². The van der Waals surface area contributed by atoms with E-state index in [2.05, 4.69) is 5.32 Å². The molecule has 1 heterocycles. The lowest BCUT2D eigenvalue weighted by atomic mass is 9.96. The Morgan fingerprint density at radius 1 is 1.19 bits per heavy atom. The molecule has 1 aliphatic rings. The van der Waals surface area contributed by atoms with Crippen LogP contribution in [0.15, 0.2) is 6.07 Å². The van der Waals surface area contributed by atoms with Crippen molar-refractivity contribution in [2.75, 3.05) is 6.54 Å². The van der Waals surface area contributed by atoms with Gasteiger partial charge in [0.25, 0.3) is 0 Å². The highest BCUT2D eigenvalue weighted by atomic mass is 35.5. The van der Waals surface area contributed by atoms with Gasteiger partial charge in [-0.2, -0.15) is 0 Å². The Bertz CT molecular complexity index is 403. The van der Waals surface area contributed by atoms with E-state index in [4.69, 9.17) is 11.6 Å². The maximum absolute atomic E-state index is 13.7. The number of halogens is 4. The normalized spacial score (nSPS) is 21.1. The Balaban J connectivity index is 2.42. The molecule has 0 aliphatic carbocycles. The van der Waals surface area contributed by atoms with E-state index >= 15 is 0 Å². The summed E-state index contributed by atoms with van der Waals surface area (Å²) in [5.74, 6) is -2.92. The lowest BCUT2D eigenvalue weighted by Gasteiger charge is -2.24. The molecule has 0 aromatic heterocycles. The Labute approximate surface area is 96.6 Å². The summed E-state index contributed by atoms with van der Waals surface area (Å²) in [5.41, 5.74) is -0.147. The minimum Gasteiger partial charge on any atom is -0.310 e. The van der Waals surface area contributed by atoms with Crippen molar-refractivity contribution in [2.24, 2.45) is 0 Å². The molecule has 0 saturated carbocycles. The van der Waals surface area contributed by atoms with E-state index in [1.54, 1.807) is 0 Å². The summed E-state index contributed by atoms with van der Waals surface area (Å²) in [6, 6.07) is 0.226. The molecule has 1 atom stereocenters. The van der Waals surface area contributed by atoms with Crippen LogP contribution in [0.4, 0.5) is 13.2 Å². The van der Waals surface area contributed by atoms with Gasteiger partial charge < -0.3 is 5.32 Å². The second-order valence-electron chi connectivity index (χ2n) is 3.88. The van der Waals surface area contributed by atoms with Crippen LogP contribution in [-0.2, 0) is 0 Å². The molecule has 1 N–H and O–H groups in total. The molecule has 1 unspecified atom stereocenters. The summed E-state index contributed by atoms with van der Waals surface area (Å²) in [4.78, 5) is 0. The highest BCUT2D eigenvalue weighted by molar-refractivity contribution is 6.30. The molecule has 0 radical (unpaired) electrons. The van der Waals surface area contributed by atoms with Crippen LogP contribution in [0.1, 0.15) is 30.9 Å². The predicted octanol–water partition coefficient (Wildman–Crippen LogP) is 3.57. The van der Waals surface area contributed by atoms with E-state index in [0.29, 0.717) is 19.0 Å². The third kappa shape index (κ3) is 2.04. The highest BCUT2D eigenvalue weighted by Gasteiger charge is 2.25. The molecule has 16 heavy (non-hydrogen) atoms. The molecule has 1 aliphatic heterocycles. The average Bonchev–Trinajstić information content (AvgIpc) is 2.28. The van der Waals surface area contributed by atoms with Crippen molar-refractivity contribution >= 4 is 11.6 Å². The van der Waals surface area contributed by atoms with Gasteiger partial charge in [0.2, 0.25) is 0 Å². The van der Waals surface area contributed by atoms with Gasteiger partial charge in [-0.3, -0.25) is 0 Å². The molecule has 2 rings (SSSR count). The molecule has 0 spiro atoms. The van der Waals surface area contributed by atoms with Crippen LogP contribution in [0.3, 0.4) is 0 Å². The van der Waals surface area contributed by atoms with Gasteiger partial charge >= 0.3 is 0 Å².